The minimum absolute atomic E-state index is 0.00620. The van der Waals surface area contributed by atoms with Crippen molar-refractivity contribution in [1.82, 2.24) is 33.7 Å². The van der Waals surface area contributed by atoms with Crippen LogP contribution in [0.2, 0.25) is 0 Å². The number of hydrogen-bond donors (Lipinski definition) is 0. The van der Waals surface area contributed by atoms with Gasteiger partial charge in [-0.15, -0.1) is 5.10 Å². The molecule has 3 aromatic heterocycles. The summed E-state index contributed by atoms with van der Waals surface area (Å²) in [5.74, 6) is 0.800. The molecule has 3 aromatic rings. The number of fused-ring (bicyclic) bond motifs is 3. The minimum Gasteiger partial charge on any atom is -0.250 e. The summed E-state index contributed by atoms with van der Waals surface area (Å²) < 4.78 is 29.2. The Morgan fingerprint density at radius 1 is 1.33 bits per heavy atom. The number of rotatable bonds is 3. The second kappa shape index (κ2) is 5.49. The standard InChI is InChI=1S/C14H19N7O2S/c1-3-24(22,23)20-6-4-5-10(8-20)12-17-14-11-7-16-19(2)13(11)15-9-21(14)18-12/h7,9-10H,3-6,8H2,1-2H3/t10-/m0/s1. The number of aryl methyl sites for hydroxylation is 1. The van der Waals surface area contributed by atoms with Crippen molar-refractivity contribution in [1.29, 1.82) is 0 Å². The third-order valence-electron chi connectivity index (χ3n) is 4.59. The SMILES string of the molecule is CCS(=O)(=O)N1CCC[C@H](c2nc3c4cnn(C)c4ncn3n2)C1. The monoisotopic (exact) mass is 349 g/mol. The van der Waals surface area contributed by atoms with E-state index in [1.54, 1.807) is 33.0 Å². The fourth-order valence-electron chi connectivity index (χ4n) is 3.22. The molecule has 128 valence electrons. The summed E-state index contributed by atoms with van der Waals surface area (Å²) >= 11 is 0. The van der Waals surface area contributed by atoms with Crippen LogP contribution in [0.5, 0.6) is 0 Å². The lowest BCUT2D eigenvalue weighted by Crippen LogP contribution is -2.40. The van der Waals surface area contributed by atoms with E-state index in [4.69, 9.17) is 0 Å². The first kappa shape index (κ1) is 15.5. The molecule has 1 aliphatic rings. The summed E-state index contributed by atoms with van der Waals surface area (Å²) in [5.41, 5.74) is 1.46. The van der Waals surface area contributed by atoms with Crippen molar-refractivity contribution >= 4 is 26.7 Å². The van der Waals surface area contributed by atoms with Crippen LogP contribution in [0.1, 0.15) is 31.5 Å². The summed E-state index contributed by atoms with van der Waals surface area (Å²) in [6, 6.07) is 0. The van der Waals surface area contributed by atoms with E-state index >= 15 is 0 Å². The quantitative estimate of drug-likeness (QED) is 0.684. The van der Waals surface area contributed by atoms with Gasteiger partial charge in [0.25, 0.3) is 0 Å². The van der Waals surface area contributed by atoms with Gasteiger partial charge in [0, 0.05) is 26.1 Å². The van der Waals surface area contributed by atoms with Crippen LogP contribution in [0.25, 0.3) is 16.7 Å². The van der Waals surface area contributed by atoms with Gasteiger partial charge in [0.2, 0.25) is 10.0 Å². The zero-order valence-electron chi connectivity index (χ0n) is 13.6. The maximum Gasteiger partial charge on any atom is 0.213 e. The van der Waals surface area contributed by atoms with Crippen molar-refractivity contribution in [3.05, 3.63) is 18.3 Å². The Morgan fingerprint density at radius 3 is 2.96 bits per heavy atom. The molecular formula is C14H19N7O2S. The summed E-state index contributed by atoms with van der Waals surface area (Å²) in [6.07, 6.45) is 5.06. The minimum atomic E-state index is -3.18. The lowest BCUT2D eigenvalue weighted by Gasteiger charge is -2.30. The van der Waals surface area contributed by atoms with Crippen LogP contribution in [0, 0.1) is 0 Å². The third kappa shape index (κ3) is 2.37. The predicted molar refractivity (Wildman–Crippen MR) is 88.1 cm³/mol. The number of hydrogen-bond acceptors (Lipinski definition) is 6. The molecule has 0 spiro atoms. The molecule has 0 radical (unpaired) electrons. The van der Waals surface area contributed by atoms with Crippen LogP contribution in [-0.4, -0.2) is 60.9 Å². The molecule has 9 nitrogen and oxygen atoms in total. The lowest BCUT2D eigenvalue weighted by molar-refractivity contribution is 0.309. The molecular weight excluding hydrogens is 330 g/mol. The van der Waals surface area contributed by atoms with E-state index in [1.165, 1.54) is 0 Å². The molecule has 1 aliphatic heterocycles. The van der Waals surface area contributed by atoms with E-state index < -0.39 is 10.0 Å². The van der Waals surface area contributed by atoms with Gasteiger partial charge >= 0.3 is 0 Å². The van der Waals surface area contributed by atoms with Crippen LogP contribution in [0.4, 0.5) is 0 Å². The smallest absolute Gasteiger partial charge is 0.213 e. The average Bonchev–Trinajstić information content (AvgIpc) is 3.18. The van der Waals surface area contributed by atoms with Crippen molar-refractivity contribution in [2.75, 3.05) is 18.8 Å². The number of nitrogens with zero attached hydrogens (tertiary/aromatic N) is 7. The molecule has 4 rings (SSSR count). The molecule has 1 atom stereocenters. The van der Waals surface area contributed by atoms with Crippen molar-refractivity contribution in [3.63, 3.8) is 0 Å². The van der Waals surface area contributed by atoms with Gasteiger partial charge in [-0.05, 0) is 19.8 Å². The Bertz CT molecular complexity index is 1010. The fraction of sp³-hybridized carbons (Fsp3) is 0.571. The predicted octanol–water partition coefficient (Wildman–Crippen LogP) is 0.540. The normalized spacial score (nSPS) is 20.2. The first-order valence-electron chi connectivity index (χ1n) is 8.00. The highest BCUT2D eigenvalue weighted by Crippen LogP contribution is 2.27. The molecule has 1 fully saturated rings. The van der Waals surface area contributed by atoms with E-state index in [0.29, 0.717) is 24.6 Å². The number of piperidine rings is 1. The second-order valence-electron chi connectivity index (χ2n) is 6.09. The van der Waals surface area contributed by atoms with Crippen molar-refractivity contribution in [2.45, 2.75) is 25.7 Å². The van der Waals surface area contributed by atoms with Crippen molar-refractivity contribution < 1.29 is 8.42 Å². The van der Waals surface area contributed by atoms with Crippen LogP contribution in [-0.2, 0) is 17.1 Å². The van der Waals surface area contributed by atoms with Crippen LogP contribution in [0.3, 0.4) is 0 Å². The van der Waals surface area contributed by atoms with Crippen LogP contribution < -0.4 is 0 Å². The number of aromatic nitrogens is 6. The van der Waals surface area contributed by atoms with Gasteiger partial charge in [-0.2, -0.15) is 5.10 Å². The Labute approximate surface area is 139 Å². The fourth-order valence-corrected chi connectivity index (χ4v) is 4.40. The van der Waals surface area contributed by atoms with Crippen LogP contribution >= 0.6 is 0 Å². The highest BCUT2D eigenvalue weighted by Gasteiger charge is 2.30. The van der Waals surface area contributed by atoms with E-state index in [9.17, 15) is 8.42 Å². The van der Waals surface area contributed by atoms with E-state index in [2.05, 4.69) is 20.2 Å². The second-order valence-corrected chi connectivity index (χ2v) is 8.34. The number of sulfonamides is 1. The van der Waals surface area contributed by atoms with Gasteiger partial charge in [0.15, 0.2) is 17.1 Å². The maximum atomic E-state index is 12.1. The molecule has 0 N–H and O–H groups in total. The molecule has 0 bridgehead atoms. The topological polar surface area (TPSA) is 98.3 Å². The van der Waals surface area contributed by atoms with Crippen molar-refractivity contribution in [2.24, 2.45) is 7.05 Å². The van der Waals surface area contributed by atoms with E-state index in [-0.39, 0.29) is 11.7 Å². The summed E-state index contributed by atoms with van der Waals surface area (Å²) in [6.45, 7) is 2.69. The molecule has 0 unspecified atom stereocenters. The van der Waals surface area contributed by atoms with Gasteiger partial charge in [-0.25, -0.2) is 27.2 Å². The Hall–Kier alpha value is -2.07. The molecule has 0 saturated carbocycles. The summed E-state index contributed by atoms with van der Waals surface area (Å²) in [4.78, 5) is 9.01. The molecule has 1 saturated heterocycles. The van der Waals surface area contributed by atoms with Gasteiger partial charge < -0.3 is 0 Å². The largest absolute Gasteiger partial charge is 0.250 e. The highest BCUT2D eigenvalue weighted by atomic mass is 32.2. The van der Waals surface area contributed by atoms with Gasteiger partial charge in [0.1, 0.15) is 6.33 Å². The summed E-state index contributed by atoms with van der Waals surface area (Å²) in [7, 11) is -1.35. The first-order valence-corrected chi connectivity index (χ1v) is 9.61. The zero-order valence-corrected chi connectivity index (χ0v) is 14.4. The van der Waals surface area contributed by atoms with Crippen molar-refractivity contribution in [3.8, 4) is 0 Å². The lowest BCUT2D eigenvalue weighted by atomic mass is 9.99. The molecule has 10 heteroatoms. The summed E-state index contributed by atoms with van der Waals surface area (Å²) in [5, 5.41) is 9.57. The average molecular weight is 349 g/mol. The van der Waals surface area contributed by atoms with Gasteiger partial charge in [-0.3, -0.25) is 4.68 Å². The first-order chi connectivity index (χ1) is 11.5. The van der Waals surface area contributed by atoms with Gasteiger partial charge in [-0.1, -0.05) is 0 Å². The zero-order chi connectivity index (χ0) is 16.9. The van der Waals surface area contributed by atoms with Gasteiger partial charge in [0.05, 0.1) is 17.3 Å². The Morgan fingerprint density at radius 2 is 2.17 bits per heavy atom. The maximum absolute atomic E-state index is 12.1. The molecule has 4 heterocycles. The van der Waals surface area contributed by atoms with E-state index in [1.807, 2.05) is 7.05 Å². The van der Waals surface area contributed by atoms with Crippen LogP contribution in [0.15, 0.2) is 12.5 Å². The molecule has 0 aromatic carbocycles. The highest BCUT2D eigenvalue weighted by molar-refractivity contribution is 7.89. The Balaban J connectivity index is 1.72. The molecule has 0 aliphatic carbocycles. The van der Waals surface area contributed by atoms with E-state index in [0.717, 1.165) is 23.9 Å². The Kier molecular flexibility index (Phi) is 3.53. The third-order valence-corrected chi connectivity index (χ3v) is 6.44. The molecule has 0 amide bonds. The molecule has 24 heavy (non-hydrogen) atoms.